The summed E-state index contributed by atoms with van der Waals surface area (Å²) in [6.07, 6.45) is 0.632. The van der Waals surface area contributed by atoms with Gasteiger partial charge in [-0.25, -0.2) is 22.7 Å². The van der Waals surface area contributed by atoms with Gasteiger partial charge in [0.2, 0.25) is 10.0 Å². The minimum Gasteiger partial charge on any atom is -0.467 e. The van der Waals surface area contributed by atoms with Crippen LogP contribution in [0.1, 0.15) is 30.6 Å². The summed E-state index contributed by atoms with van der Waals surface area (Å²) < 4.78 is 35.3. The molecule has 0 spiro atoms. The molecular weight excluding hydrogens is 376 g/mol. The SMILES string of the molecule is CC[C@H](C)[C@H](NC(=O)COC(=O)c1cccc(S(=O)(=O)NC)c1)C(=O)OC. The minimum absolute atomic E-state index is 0.0226. The Bertz CT molecular complexity index is 792. The molecule has 0 bridgehead atoms. The average Bonchev–Trinajstić information content (AvgIpc) is 2.68. The van der Waals surface area contributed by atoms with E-state index in [0.29, 0.717) is 6.42 Å². The Kier molecular flexibility index (Phi) is 8.38. The number of benzene rings is 1. The molecule has 0 fully saturated rings. The van der Waals surface area contributed by atoms with Crippen molar-refractivity contribution in [1.82, 2.24) is 10.0 Å². The Morgan fingerprint density at radius 3 is 2.44 bits per heavy atom. The largest absolute Gasteiger partial charge is 0.467 e. The number of methoxy groups -OCH3 is 1. The molecule has 27 heavy (non-hydrogen) atoms. The number of nitrogens with one attached hydrogen (secondary N) is 2. The summed E-state index contributed by atoms with van der Waals surface area (Å²) in [5.74, 6) is -2.29. The first-order chi connectivity index (χ1) is 12.7. The predicted octanol–water partition coefficient (Wildman–Crippen LogP) is 0.455. The monoisotopic (exact) mass is 400 g/mol. The number of amides is 1. The van der Waals surface area contributed by atoms with E-state index in [2.05, 4.69) is 14.8 Å². The maximum atomic E-state index is 12.1. The smallest absolute Gasteiger partial charge is 0.338 e. The van der Waals surface area contributed by atoms with E-state index in [9.17, 15) is 22.8 Å². The molecule has 150 valence electrons. The Labute approximate surface area is 158 Å². The van der Waals surface area contributed by atoms with Crippen LogP contribution in [0.5, 0.6) is 0 Å². The third kappa shape index (κ3) is 6.33. The number of rotatable bonds is 9. The number of carbonyl (C=O) groups is 3. The fraction of sp³-hybridized carbons (Fsp3) is 0.471. The lowest BCUT2D eigenvalue weighted by atomic mass is 9.99. The molecule has 10 heteroatoms. The fourth-order valence-electron chi connectivity index (χ4n) is 2.13. The molecule has 1 amide bonds. The second-order valence-electron chi connectivity index (χ2n) is 5.77. The van der Waals surface area contributed by atoms with Gasteiger partial charge in [-0.3, -0.25) is 4.79 Å². The van der Waals surface area contributed by atoms with Crippen molar-refractivity contribution in [2.24, 2.45) is 5.92 Å². The Morgan fingerprint density at radius 1 is 1.22 bits per heavy atom. The highest BCUT2D eigenvalue weighted by molar-refractivity contribution is 7.89. The summed E-state index contributed by atoms with van der Waals surface area (Å²) in [4.78, 5) is 35.7. The van der Waals surface area contributed by atoms with E-state index in [0.717, 1.165) is 6.07 Å². The van der Waals surface area contributed by atoms with Crippen LogP contribution in [0.25, 0.3) is 0 Å². The summed E-state index contributed by atoms with van der Waals surface area (Å²) in [5, 5.41) is 2.47. The third-order valence-electron chi connectivity index (χ3n) is 3.97. The highest BCUT2D eigenvalue weighted by Gasteiger charge is 2.27. The van der Waals surface area contributed by atoms with Crippen molar-refractivity contribution in [3.63, 3.8) is 0 Å². The summed E-state index contributed by atoms with van der Waals surface area (Å²) in [6.45, 7) is 3.02. The molecule has 0 aliphatic heterocycles. The first-order valence-corrected chi connectivity index (χ1v) is 9.72. The number of esters is 2. The van der Waals surface area contributed by atoms with Crippen molar-refractivity contribution >= 4 is 27.9 Å². The van der Waals surface area contributed by atoms with Crippen LogP contribution in [0.4, 0.5) is 0 Å². The summed E-state index contributed by atoms with van der Waals surface area (Å²) in [5.41, 5.74) is -0.0226. The molecule has 1 aromatic rings. The highest BCUT2D eigenvalue weighted by atomic mass is 32.2. The van der Waals surface area contributed by atoms with E-state index in [-0.39, 0.29) is 16.4 Å². The molecule has 0 heterocycles. The predicted molar refractivity (Wildman–Crippen MR) is 96.4 cm³/mol. The molecule has 1 rings (SSSR count). The van der Waals surface area contributed by atoms with Gasteiger partial charge >= 0.3 is 11.9 Å². The van der Waals surface area contributed by atoms with Gasteiger partial charge in [0.1, 0.15) is 6.04 Å². The summed E-state index contributed by atoms with van der Waals surface area (Å²) in [6, 6.07) is 4.36. The van der Waals surface area contributed by atoms with Crippen molar-refractivity contribution in [2.75, 3.05) is 20.8 Å². The zero-order valence-electron chi connectivity index (χ0n) is 15.6. The average molecular weight is 400 g/mol. The van der Waals surface area contributed by atoms with Crippen molar-refractivity contribution in [2.45, 2.75) is 31.2 Å². The molecule has 1 aromatic carbocycles. The van der Waals surface area contributed by atoms with Gasteiger partial charge in [-0.15, -0.1) is 0 Å². The summed E-state index contributed by atoms with van der Waals surface area (Å²) in [7, 11) is -1.25. The van der Waals surface area contributed by atoms with Crippen LogP contribution in [0.3, 0.4) is 0 Å². The van der Waals surface area contributed by atoms with Crippen molar-refractivity contribution in [1.29, 1.82) is 0 Å². The number of sulfonamides is 1. The zero-order valence-corrected chi connectivity index (χ0v) is 16.5. The Balaban J connectivity index is 2.75. The van der Waals surface area contributed by atoms with Crippen LogP contribution in [-0.4, -0.2) is 53.1 Å². The van der Waals surface area contributed by atoms with Crippen molar-refractivity contribution < 1.29 is 32.3 Å². The Hall–Kier alpha value is -2.46. The molecule has 2 N–H and O–H groups in total. The van der Waals surface area contributed by atoms with Crippen LogP contribution in [0.15, 0.2) is 29.2 Å². The molecular formula is C17H24N2O7S. The van der Waals surface area contributed by atoms with Gasteiger partial charge in [-0.2, -0.15) is 0 Å². The lowest BCUT2D eigenvalue weighted by Crippen LogP contribution is -2.47. The van der Waals surface area contributed by atoms with E-state index < -0.39 is 40.5 Å². The zero-order chi connectivity index (χ0) is 20.6. The fourth-order valence-corrected chi connectivity index (χ4v) is 2.91. The molecule has 0 unspecified atom stereocenters. The molecule has 0 aliphatic rings. The molecule has 9 nitrogen and oxygen atoms in total. The number of carbonyl (C=O) groups excluding carboxylic acids is 3. The topological polar surface area (TPSA) is 128 Å². The van der Waals surface area contributed by atoms with Crippen LogP contribution in [-0.2, 0) is 29.1 Å². The van der Waals surface area contributed by atoms with Gasteiger partial charge in [0.25, 0.3) is 5.91 Å². The van der Waals surface area contributed by atoms with E-state index in [1.54, 1.807) is 6.92 Å². The van der Waals surface area contributed by atoms with Gasteiger partial charge in [-0.1, -0.05) is 26.3 Å². The maximum Gasteiger partial charge on any atom is 0.338 e. The second-order valence-corrected chi connectivity index (χ2v) is 7.65. The van der Waals surface area contributed by atoms with Gasteiger partial charge < -0.3 is 14.8 Å². The van der Waals surface area contributed by atoms with Crippen molar-refractivity contribution in [3.8, 4) is 0 Å². The number of hydrogen-bond donors (Lipinski definition) is 2. The normalized spacial score (nSPS) is 13.3. The molecule has 0 saturated heterocycles. The summed E-state index contributed by atoms with van der Waals surface area (Å²) >= 11 is 0. The third-order valence-corrected chi connectivity index (χ3v) is 5.38. The lowest BCUT2D eigenvalue weighted by molar-refractivity contribution is -0.147. The standard InChI is InChI=1S/C17H24N2O7S/c1-5-11(2)15(17(22)25-4)19-14(20)10-26-16(21)12-7-6-8-13(9-12)27(23,24)18-3/h6-9,11,15,18H,5,10H2,1-4H3,(H,19,20)/t11-,15-/m0/s1. The van der Waals surface area contributed by atoms with E-state index in [1.807, 2.05) is 6.92 Å². The van der Waals surface area contributed by atoms with Gasteiger partial charge in [0, 0.05) is 0 Å². The Morgan fingerprint density at radius 2 is 1.89 bits per heavy atom. The van der Waals surface area contributed by atoms with Gasteiger partial charge in [-0.05, 0) is 31.2 Å². The molecule has 2 atom stereocenters. The minimum atomic E-state index is -3.71. The first-order valence-electron chi connectivity index (χ1n) is 8.24. The lowest BCUT2D eigenvalue weighted by Gasteiger charge is -2.21. The van der Waals surface area contributed by atoms with Gasteiger partial charge in [0.05, 0.1) is 17.6 Å². The highest BCUT2D eigenvalue weighted by Crippen LogP contribution is 2.12. The van der Waals surface area contributed by atoms with E-state index in [4.69, 9.17) is 4.74 Å². The van der Waals surface area contributed by atoms with E-state index >= 15 is 0 Å². The molecule has 0 aromatic heterocycles. The molecule has 0 saturated carbocycles. The van der Waals surface area contributed by atoms with Crippen LogP contribution >= 0.6 is 0 Å². The first kappa shape index (κ1) is 22.6. The van der Waals surface area contributed by atoms with Gasteiger partial charge in [0.15, 0.2) is 6.61 Å². The van der Waals surface area contributed by atoms with Crippen LogP contribution in [0.2, 0.25) is 0 Å². The molecule has 0 aliphatic carbocycles. The number of ether oxygens (including phenoxy) is 2. The maximum absolute atomic E-state index is 12.1. The van der Waals surface area contributed by atoms with Crippen molar-refractivity contribution in [3.05, 3.63) is 29.8 Å². The van der Waals surface area contributed by atoms with E-state index in [1.165, 1.54) is 32.4 Å². The second kappa shape index (κ2) is 10.0. The molecule has 0 radical (unpaired) electrons. The van der Waals surface area contributed by atoms with Crippen LogP contribution in [0, 0.1) is 5.92 Å². The number of hydrogen-bond acceptors (Lipinski definition) is 7. The van der Waals surface area contributed by atoms with Crippen LogP contribution < -0.4 is 10.0 Å². The quantitative estimate of drug-likeness (QED) is 0.576.